The minimum Gasteiger partial charge on any atom is -0.376 e. The van der Waals surface area contributed by atoms with Gasteiger partial charge in [0.05, 0.1) is 24.3 Å². The molecule has 0 bridgehead atoms. The van der Waals surface area contributed by atoms with E-state index in [-0.39, 0.29) is 0 Å². The molecule has 1 atom stereocenters. The van der Waals surface area contributed by atoms with E-state index < -0.39 is 0 Å². The standard InChI is InChI=1S/C16H24N6O/c1-12-10-22(7-8-23-12)13-3-5-21(6-4-13)16-14-9-19-20(2)15(14)17-11-18-16/h9,11-13H,3-8,10H2,1-2H3. The second kappa shape index (κ2) is 6.05. The van der Waals surface area contributed by atoms with Crippen molar-refractivity contribution in [2.24, 2.45) is 7.05 Å². The summed E-state index contributed by atoms with van der Waals surface area (Å²) in [6.45, 7) is 7.24. The van der Waals surface area contributed by atoms with Crippen LogP contribution in [0.2, 0.25) is 0 Å². The first-order valence-electron chi connectivity index (χ1n) is 8.45. The molecule has 0 radical (unpaired) electrons. The average molecular weight is 316 g/mol. The first-order valence-corrected chi connectivity index (χ1v) is 8.45. The van der Waals surface area contributed by atoms with Gasteiger partial charge in [-0.25, -0.2) is 9.97 Å². The number of aryl methyl sites for hydroxylation is 1. The molecular weight excluding hydrogens is 292 g/mol. The molecule has 2 fully saturated rings. The van der Waals surface area contributed by atoms with Gasteiger partial charge in [-0.1, -0.05) is 0 Å². The Bertz CT molecular complexity index is 678. The largest absolute Gasteiger partial charge is 0.376 e. The molecule has 0 saturated carbocycles. The summed E-state index contributed by atoms with van der Waals surface area (Å²) in [5.41, 5.74) is 0.902. The average Bonchev–Trinajstić information content (AvgIpc) is 2.97. The summed E-state index contributed by atoms with van der Waals surface area (Å²) < 4.78 is 7.47. The SMILES string of the molecule is CC1CN(C2CCN(c3ncnc4c3cnn4C)CC2)CCO1. The zero-order valence-corrected chi connectivity index (χ0v) is 13.9. The number of fused-ring (bicyclic) bond motifs is 1. The maximum absolute atomic E-state index is 5.66. The summed E-state index contributed by atoms with van der Waals surface area (Å²) in [5, 5.41) is 5.36. The first kappa shape index (κ1) is 14.8. The first-order chi connectivity index (χ1) is 11.2. The lowest BCUT2D eigenvalue weighted by Gasteiger charge is -2.42. The highest BCUT2D eigenvalue weighted by Gasteiger charge is 2.29. The lowest BCUT2D eigenvalue weighted by Crippen LogP contribution is -2.51. The fourth-order valence-electron chi connectivity index (χ4n) is 3.82. The predicted molar refractivity (Wildman–Crippen MR) is 88.5 cm³/mol. The molecule has 1 unspecified atom stereocenters. The molecule has 0 aromatic carbocycles. The van der Waals surface area contributed by atoms with Crippen LogP contribution in [-0.4, -0.2) is 69.6 Å². The summed E-state index contributed by atoms with van der Waals surface area (Å²) in [6.07, 6.45) is 6.24. The summed E-state index contributed by atoms with van der Waals surface area (Å²) in [5.74, 6) is 1.02. The van der Waals surface area contributed by atoms with Crippen molar-refractivity contribution >= 4 is 16.9 Å². The Kier molecular flexibility index (Phi) is 3.90. The van der Waals surface area contributed by atoms with E-state index in [1.165, 1.54) is 12.8 Å². The Morgan fingerprint density at radius 2 is 2.00 bits per heavy atom. The maximum Gasteiger partial charge on any atom is 0.163 e. The van der Waals surface area contributed by atoms with Gasteiger partial charge in [0.2, 0.25) is 0 Å². The van der Waals surface area contributed by atoms with Gasteiger partial charge in [0.25, 0.3) is 0 Å². The van der Waals surface area contributed by atoms with Crippen LogP contribution in [0.25, 0.3) is 11.0 Å². The van der Waals surface area contributed by atoms with Gasteiger partial charge in [0.15, 0.2) is 5.65 Å². The predicted octanol–water partition coefficient (Wildman–Crippen LogP) is 1.05. The molecule has 0 spiro atoms. The second-order valence-electron chi connectivity index (χ2n) is 6.60. The van der Waals surface area contributed by atoms with E-state index in [1.54, 1.807) is 6.33 Å². The highest BCUT2D eigenvalue weighted by Crippen LogP contribution is 2.27. The normalized spacial score (nSPS) is 24.4. The molecular formula is C16H24N6O. The molecule has 2 aliphatic heterocycles. The molecule has 124 valence electrons. The van der Waals surface area contributed by atoms with Crippen molar-refractivity contribution in [2.75, 3.05) is 37.7 Å². The van der Waals surface area contributed by atoms with E-state index >= 15 is 0 Å². The van der Waals surface area contributed by atoms with Crippen LogP contribution < -0.4 is 4.90 Å². The summed E-state index contributed by atoms with van der Waals surface area (Å²) in [6, 6.07) is 0.670. The summed E-state index contributed by atoms with van der Waals surface area (Å²) in [7, 11) is 1.92. The lowest BCUT2D eigenvalue weighted by molar-refractivity contribution is -0.0373. The van der Waals surface area contributed by atoms with Crippen molar-refractivity contribution in [3.63, 3.8) is 0 Å². The Labute approximate surface area is 136 Å². The summed E-state index contributed by atoms with van der Waals surface area (Å²) in [4.78, 5) is 13.8. The Morgan fingerprint density at radius 3 is 2.78 bits per heavy atom. The molecule has 4 rings (SSSR count). The van der Waals surface area contributed by atoms with Gasteiger partial charge in [0.1, 0.15) is 12.1 Å². The smallest absolute Gasteiger partial charge is 0.163 e. The molecule has 2 aromatic heterocycles. The Balaban J connectivity index is 1.46. The topological polar surface area (TPSA) is 59.3 Å². The zero-order valence-electron chi connectivity index (χ0n) is 13.9. The monoisotopic (exact) mass is 316 g/mol. The highest BCUT2D eigenvalue weighted by molar-refractivity contribution is 5.86. The molecule has 23 heavy (non-hydrogen) atoms. The molecule has 4 heterocycles. The molecule has 2 saturated heterocycles. The van der Waals surface area contributed by atoms with Crippen molar-refractivity contribution in [3.8, 4) is 0 Å². The minimum absolute atomic E-state index is 0.360. The maximum atomic E-state index is 5.66. The molecule has 0 N–H and O–H groups in total. The third kappa shape index (κ3) is 2.79. The summed E-state index contributed by atoms with van der Waals surface area (Å²) >= 11 is 0. The number of hydrogen-bond acceptors (Lipinski definition) is 6. The van der Waals surface area contributed by atoms with Gasteiger partial charge in [-0.2, -0.15) is 5.10 Å². The Hall–Kier alpha value is -1.73. The van der Waals surface area contributed by atoms with Crippen LogP contribution in [0.4, 0.5) is 5.82 Å². The van der Waals surface area contributed by atoms with Gasteiger partial charge >= 0.3 is 0 Å². The third-order valence-corrected chi connectivity index (χ3v) is 5.06. The van der Waals surface area contributed by atoms with Crippen LogP contribution in [0, 0.1) is 0 Å². The van der Waals surface area contributed by atoms with E-state index in [4.69, 9.17) is 4.74 Å². The molecule has 0 aliphatic carbocycles. The number of anilines is 1. The van der Waals surface area contributed by atoms with Crippen LogP contribution in [0.15, 0.2) is 12.5 Å². The van der Waals surface area contributed by atoms with E-state index in [2.05, 4.69) is 31.8 Å². The van der Waals surface area contributed by atoms with Crippen molar-refractivity contribution in [3.05, 3.63) is 12.5 Å². The van der Waals surface area contributed by atoms with Crippen LogP contribution in [-0.2, 0) is 11.8 Å². The molecule has 0 amide bonds. The van der Waals surface area contributed by atoms with Crippen LogP contribution in [0.1, 0.15) is 19.8 Å². The van der Waals surface area contributed by atoms with E-state index in [0.717, 1.165) is 49.6 Å². The van der Waals surface area contributed by atoms with E-state index in [9.17, 15) is 0 Å². The molecule has 7 heteroatoms. The fourth-order valence-corrected chi connectivity index (χ4v) is 3.82. The van der Waals surface area contributed by atoms with Crippen molar-refractivity contribution in [2.45, 2.75) is 31.9 Å². The number of rotatable bonds is 2. The number of ether oxygens (including phenoxy) is 1. The number of piperidine rings is 1. The van der Waals surface area contributed by atoms with E-state index in [0.29, 0.717) is 12.1 Å². The Morgan fingerprint density at radius 1 is 1.17 bits per heavy atom. The number of nitrogens with zero attached hydrogens (tertiary/aromatic N) is 6. The lowest BCUT2D eigenvalue weighted by atomic mass is 10.0. The third-order valence-electron chi connectivity index (χ3n) is 5.06. The van der Waals surface area contributed by atoms with Crippen molar-refractivity contribution < 1.29 is 4.74 Å². The van der Waals surface area contributed by atoms with Gasteiger partial charge in [-0.3, -0.25) is 9.58 Å². The van der Waals surface area contributed by atoms with Crippen LogP contribution in [0.5, 0.6) is 0 Å². The van der Waals surface area contributed by atoms with Crippen LogP contribution >= 0.6 is 0 Å². The fraction of sp³-hybridized carbons (Fsp3) is 0.688. The highest BCUT2D eigenvalue weighted by atomic mass is 16.5. The number of hydrogen-bond donors (Lipinski definition) is 0. The molecule has 2 aromatic rings. The zero-order chi connectivity index (χ0) is 15.8. The second-order valence-corrected chi connectivity index (χ2v) is 6.60. The van der Waals surface area contributed by atoms with Crippen molar-refractivity contribution in [1.82, 2.24) is 24.6 Å². The van der Waals surface area contributed by atoms with Crippen molar-refractivity contribution in [1.29, 1.82) is 0 Å². The minimum atomic E-state index is 0.360. The number of morpholine rings is 1. The van der Waals surface area contributed by atoms with Gasteiger partial charge in [-0.05, 0) is 19.8 Å². The van der Waals surface area contributed by atoms with Gasteiger partial charge in [0, 0.05) is 39.3 Å². The molecule has 7 nitrogen and oxygen atoms in total. The number of aromatic nitrogens is 4. The molecule has 2 aliphatic rings. The van der Waals surface area contributed by atoms with Crippen LogP contribution in [0.3, 0.4) is 0 Å². The quantitative estimate of drug-likeness (QED) is 0.825. The van der Waals surface area contributed by atoms with E-state index in [1.807, 2.05) is 17.9 Å². The van der Waals surface area contributed by atoms with Gasteiger partial charge < -0.3 is 9.64 Å². The van der Waals surface area contributed by atoms with Gasteiger partial charge in [-0.15, -0.1) is 0 Å².